The highest BCUT2D eigenvalue weighted by molar-refractivity contribution is 6.30. The molecule has 0 aliphatic heterocycles. The van der Waals surface area contributed by atoms with E-state index in [4.69, 9.17) is 16.7 Å². The van der Waals surface area contributed by atoms with Crippen molar-refractivity contribution >= 4 is 23.3 Å². The molecule has 0 saturated carbocycles. The van der Waals surface area contributed by atoms with Gasteiger partial charge in [0.25, 0.3) is 0 Å². The zero-order valence-corrected chi connectivity index (χ0v) is 15.5. The molecule has 11 heteroatoms. The van der Waals surface area contributed by atoms with Crippen molar-refractivity contribution in [2.75, 3.05) is 5.32 Å². The Hall–Kier alpha value is -3.11. The normalized spacial score (nSPS) is 11.3. The fourth-order valence-corrected chi connectivity index (χ4v) is 2.64. The Kier molecular flexibility index (Phi) is 6.04. The molecular weight excluding hydrogens is 411 g/mol. The first-order valence-corrected chi connectivity index (χ1v) is 8.67. The molecule has 3 rings (SSSR count). The third-order valence-electron chi connectivity index (χ3n) is 3.80. The molecular formula is C18H15ClF3N5O2. The van der Waals surface area contributed by atoms with Crippen LogP contribution < -0.4 is 10.6 Å². The molecule has 0 bridgehead atoms. The molecule has 29 heavy (non-hydrogen) atoms. The van der Waals surface area contributed by atoms with Crippen LogP contribution in [0.25, 0.3) is 5.69 Å². The number of anilines is 1. The highest BCUT2D eigenvalue weighted by Crippen LogP contribution is 2.30. The number of aliphatic hydroxyl groups excluding tert-OH is 1. The maximum Gasteiger partial charge on any atom is 0.435 e. The topological polar surface area (TPSA) is 92.1 Å². The van der Waals surface area contributed by atoms with E-state index in [2.05, 4.69) is 20.7 Å². The van der Waals surface area contributed by atoms with Crippen LogP contribution >= 0.6 is 11.6 Å². The maximum absolute atomic E-state index is 13.1. The molecule has 2 amide bonds. The number of pyridine rings is 1. The van der Waals surface area contributed by atoms with Gasteiger partial charge in [0.15, 0.2) is 5.69 Å². The van der Waals surface area contributed by atoms with Gasteiger partial charge >= 0.3 is 12.2 Å². The number of aliphatic hydroxyl groups is 1. The lowest BCUT2D eigenvalue weighted by Crippen LogP contribution is -2.29. The summed E-state index contributed by atoms with van der Waals surface area (Å²) in [5.41, 5.74) is 0.149. The maximum atomic E-state index is 13.1. The molecule has 0 unspecified atom stereocenters. The van der Waals surface area contributed by atoms with E-state index in [9.17, 15) is 18.0 Å². The minimum Gasteiger partial charge on any atom is -0.390 e. The van der Waals surface area contributed by atoms with Crippen molar-refractivity contribution in [3.63, 3.8) is 0 Å². The standard InChI is InChI=1S/C18H15ClF3N5O2/c19-11-2-1-3-14(6-11)27-15(7-16(26-27)18(20,21)22)9-24-17(29)25-12-4-5-13(10-28)23-8-12/h1-8,28H,9-10H2,(H2,24,25,29). The molecule has 3 aromatic rings. The van der Waals surface area contributed by atoms with Gasteiger partial charge < -0.3 is 15.7 Å². The summed E-state index contributed by atoms with van der Waals surface area (Å²) in [4.78, 5) is 16.0. The summed E-state index contributed by atoms with van der Waals surface area (Å²) in [5, 5.41) is 17.9. The van der Waals surface area contributed by atoms with E-state index in [1.165, 1.54) is 24.4 Å². The first-order chi connectivity index (χ1) is 13.8. The second-order valence-electron chi connectivity index (χ2n) is 5.91. The Morgan fingerprint density at radius 3 is 2.62 bits per heavy atom. The van der Waals surface area contributed by atoms with Gasteiger partial charge in [0, 0.05) is 5.02 Å². The van der Waals surface area contributed by atoms with Crippen molar-refractivity contribution in [2.45, 2.75) is 19.3 Å². The predicted octanol–water partition coefficient (Wildman–Crippen LogP) is 3.75. The van der Waals surface area contributed by atoms with Crippen molar-refractivity contribution < 1.29 is 23.1 Å². The lowest BCUT2D eigenvalue weighted by Gasteiger charge is -2.10. The third-order valence-corrected chi connectivity index (χ3v) is 4.04. The summed E-state index contributed by atoms with van der Waals surface area (Å²) in [6.45, 7) is -0.453. The van der Waals surface area contributed by atoms with Gasteiger partial charge in [-0.05, 0) is 36.4 Å². The average molecular weight is 426 g/mol. The molecule has 2 aromatic heterocycles. The van der Waals surface area contributed by atoms with Crippen LogP contribution in [0.15, 0.2) is 48.7 Å². The van der Waals surface area contributed by atoms with Crippen molar-refractivity contribution in [2.24, 2.45) is 0 Å². The van der Waals surface area contributed by atoms with Crippen LogP contribution in [0, 0.1) is 0 Å². The van der Waals surface area contributed by atoms with E-state index in [1.54, 1.807) is 18.2 Å². The highest BCUT2D eigenvalue weighted by atomic mass is 35.5. The largest absolute Gasteiger partial charge is 0.435 e. The zero-order chi connectivity index (χ0) is 21.0. The molecule has 0 aliphatic rings. The number of urea groups is 1. The van der Waals surface area contributed by atoms with E-state index in [0.717, 1.165) is 10.7 Å². The molecule has 152 valence electrons. The average Bonchev–Trinajstić information content (AvgIpc) is 3.12. The molecule has 2 heterocycles. The number of carbonyl (C=O) groups excluding carboxylic acids is 1. The molecule has 0 aliphatic carbocycles. The molecule has 7 nitrogen and oxygen atoms in total. The van der Waals surface area contributed by atoms with Gasteiger partial charge in [-0.15, -0.1) is 0 Å². The van der Waals surface area contributed by atoms with E-state index in [-0.39, 0.29) is 18.8 Å². The Morgan fingerprint density at radius 1 is 1.21 bits per heavy atom. The smallest absolute Gasteiger partial charge is 0.390 e. The first kappa shape index (κ1) is 20.6. The summed E-state index contributed by atoms with van der Waals surface area (Å²) >= 11 is 5.92. The summed E-state index contributed by atoms with van der Waals surface area (Å²) in [6.07, 6.45) is -3.29. The van der Waals surface area contributed by atoms with Crippen LogP contribution in [0.1, 0.15) is 17.1 Å². The number of halogens is 4. The van der Waals surface area contributed by atoms with Crippen LogP contribution in [-0.2, 0) is 19.3 Å². The van der Waals surface area contributed by atoms with Crippen LogP contribution in [0.5, 0.6) is 0 Å². The minimum absolute atomic E-state index is 0.114. The Morgan fingerprint density at radius 2 is 2.00 bits per heavy atom. The van der Waals surface area contributed by atoms with Crippen molar-refractivity contribution in [3.8, 4) is 5.69 Å². The van der Waals surface area contributed by atoms with Crippen LogP contribution in [0.4, 0.5) is 23.7 Å². The zero-order valence-electron chi connectivity index (χ0n) is 14.7. The Balaban J connectivity index is 1.76. The lowest BCUT2D eigenvalue weighted by atomic mass is 10.3. The quantitative estimate of drug-likeness (QED) is 0.580. The first-order valence-electron chi connectivity index (χ1n) is 8.29. The SMILES string of the molecule is O=C(NCc1cc(C(F)(F)F)nn1-c1cccc(Cl)c1)Nc1ccc(CO)nc1. The fraction of sp³-hybridized carbons (Fsp3) is 0.167. The summed E-state index contributed by atoms with van der Waals surface area (Å²) in [5.74, 6) is 0. The van der Waals surface area contributed by atoms with Gasteiger partial charge in [-0.25, -0.2) is 9.48 Å². The monoisotopic (exact) mass is 425 g/mol. The molecule has 0 radical (unpaired) electrons. The van der Waals surface area contributed by atoms with Gasteiger partial charge in [0.05, 0.1) is 42.1 Å². The number of hydrogen-bond donors (Lipinski definition) is 3. The van der Waals surface area contributed by atoms with Crippen LogP contribution in [0.2, 0.25) is 5.02 Å². The number of carbonyl (C=O) groups is 1. The Bertz CT molecular complexity index is 1010. The summed E-state index contributed by atoms with van der Waals surface area (Å²) < 4.78 is 40.4. The number of benzene rings is 1. The summed E-state index contributed by atoms with van der Waals surface area (Å²) in [7, 11) is 0. The summed E-state index contributed by atoms with van der Waals surface area (Å²) in [6, 6.07) is 9.47. The molecule has 0 saturated heterocycles. The number of amides is 2. The van der Waals surface area contributed by atoms with Crippen molar-refractivity contribution in [1.82, 2.24) is 20.1 Å². The lowest BCUT2D eigenvalue weighted by molar-refractivity contribution is -0.141. The van der Waals surface area contributed by atoms with Gasteiger partial charge in [-0.3, -0.25) is 4.98 Å². The number of hydrogen-bond acceptors (Lipinski definition) is 4. The van der Waals surface area contributed by atoms with Crippen molar-refractivity contribution in [3.05, 3.63) is 70.8 Å². The third kappa shape index (κ3) is 5.24. The molecule has 3 N–H and O–H groups in total. The van der Waals surface area contributed by atoms with Crippen LogP contribution in [-0.4, -0.2) is 25.9 Å². The molecule has 0 atom stereocenters. The molecule has 0 fully saturated rings. The minimum atomic E-state index is -4.64. The Labute approximate surface area is 168 Å². The number of nitrogens with one attached hydrogen (secondary N) is 2. The fourth-order valence-electron chi connectivity index (χ4n) is 2.45. The highest BCUT2D eigenvalue weighted by Gasteiger charge is 2.35. The van der Waals surface area contributed by atoms with E-state index >= 15 is 0 Å². The number of nitrogens with zero attached hydrogens (tertiary/aromatic N) is 3. The number of alkyl halides is 3. The number of aromatic nitrogens is 3. The van der Waals surface area contributed by atoms with Crippen molar-refractivity contribution in [1.29, 1.82) is 0 Å². The second kappa shape index (κ2) is 8.50. The van der Waals surface area contributed by atoms with Gasteiger partial charge in [0.2, 0.25) is 0 Å². The second-order valence-corrected chi connectivity index (χ2v) is 6.35. The van der Waals surface area contributed by atoms with E-state index < -0.39 is 17.9 Å². The molecule has 1 aromatic carbocycles. The van der Waals surface area contributed by atoms with Gasteiger partial charge in [-0.2, -0.15) is 18.3 Å². The van der Waals surface area contributed by atoms with E-state index in [0.29, 0.717) is 22.1 Å². The van der Waals surface area contributed by atoms with Crippen LogP contribution in [0.3, 0.4) is 0 Å². The van der Waals surface area contributed by atoms with E-state index in [1.807, 2.05) is 0 Å². The van der Waals surface area contributed by atoms with Gasteiger partial charge in [0.1, 0.15) is 0 Å². The molecule has 0 spiro atoms. The van der Waals surface area contributed by atoms with Gasteiger partial charge in [-0.1, -0.05) is 17.7 Å². The number of rotatable bonds is 5. The predicted molar refractivity (Wildman–Crippen MR) is 99.6 cm³/mol.